The standard InChI is InChI=1S/C15H16N4O2/c1-9-10(2)16-18(11(9)3)13-5-7-14(8-6-13)19-12(4)15(20)21-17-19/h5-8H,1-4H3. The highest BCUT2D eigenvalue weighted by Gasteiger charge is 2.16. The molecule has 0 fully saturated rings. The molecule has 0 bridgehead atoms. The molecule has 0 N–H and O–H groups in total. The van der Waals surface area contributed by atoms with Crippen LogP contribution in [0.5, 0.6) is 5.95 Å². The first-order valence-corrected chi connectivity index (χ1v) is 6.68. The van der Waals surface area contributed by atoms with Crippen molar-refractivity contribution in [2.45, 2.75) is 27.7 Å². The summed E-state index contributed by atoms with van der Waals surface area (Å²) in [5.41, 5.74) is 5.53. The zero-order valence-electron chi connectivity index (χ0n) is 12.4. The third kappa shape index (κ3) is 2.08. The van der Waals surface area contributed by atoms with Gasteiger partial charge in [-0.1, -0.05) is 0 Å². The van der Waals surface area contributed by atoms with Crippen LogP contribution in [0, 0.1) is 27.7 Å². The fourth-order valence-electron chi connectivity index (χ4n) is 2.24. The van der Waals surface area contributed by atoms with Crippen LogP contribution in [0.4, 0.5) is 0 Å². The van der Waals surface area contributed by atoms with Crippen molar-refractivity contribution in [3.8, 4) is 17.3 Å². The van der Waals surface area contributed by atoms with Gasteiger partial charge in [-0.3, -0.25) is 0 Å². The van der Waals surface area contributed by atoms with Gasteiger partial charge in [-0.05, 0) is 43.1 Å². The molecule has 0 radical (unpaired) electrons. The lowest BCUT2D eigenvalue weighted by Gasteiger charge is -2.04. The maximum absolute atomic E-state index is 11.3. The molecular weight excluding hydrogens is 268 g/mol. The summed E-state index contributed by atoms with van der Waals surface area (Å²) in [7, 11) is 0. The molecule has 1 aromatic carbocycles. The Balaban J connectivity index is 2.01. The molecule has 0 unspecified atom stereocenters. The topological polar surface area (TPSA) is 70.8 Å². The lowest BCUT2D eigenvalue weighted by atomic mass is 10.2. The maximum Gasteiger partial charge on any atom is 0.239 e. The van der Waals surface area contributed by atoms with Gasteiger partial charge in [0, 0.05) is 24.8 Å². The summed E-state index contributed by atoms with van der Waals surface area (Å²) in [4.78, 5) is 0. The van der Waals surface area contributed by atoms with Crippen molar-refractivity contribution in [2.24, 2.45) is 0 Å². The average Bonchev–Trinajstić information content (AvgIpc) is 2.95. The van der Waals surface area contributed by atoms with Crippen molar-refractivity contribution in [1.82, 2.24) is 15.1 Å². The Morgan fingerprint density at radius 3 is 2.24 bits per heavy atom. The second-order valence-electron chi connectivity index (χ2n) is 5.08. The average molecular weight is 284 g/mol. The summed E-state index contributed by atoms with van der Waals surface area (Å²) in [5, 5.41) is 19.6. The molecule has 2 aromatic heterocycles. The van der Waals surface area contributed by atoms with E-state index < -0.39 is 5.95 Å². The summed E-state index contributed by atoms with van der Waals surface area (Å²) < 4.78 is 8.04. The molecule has 6 heteroatoms. The number of benzene rings is 1. The van der Waals surface area contributed by atoms with Crippen LogP contribution in [0.2, 0.25) is 0 Å². The fraction of sp³-hybridized carbons (Fsp3) is 0.267. The summed E-state index contributed by atoms with van der Waals surface area (Å²) >= 11 is 0. The lowest BCUT2D eigenvalue weighted by molar-refractivity contribution is -0.676. The molecule has 2 heterocycles. The highest BCUT2D eigenvalue weighted by Crippen LogP contribution is 2.17. The number of hydrogen-bond acceptors (Lipinski definition) is 4. The molecular formula is C15H16N4O2. The summed E-state index contributed by atoms with van der Waals surface area (Å²) in [6.45, 7) is 7.78. The van der Waals surface area contributed by atoms with Gasteiger partial charge in [0.1, 0.15) is 0 Å². The monoisotopic (exact) mass is 284 g/mol. The van der Waals surface area contributed by atoms with E-state index in [2.05, 4.69) is 21.8 Å². The van der Waals surface area contributed by atoms with Crippen molar-refractivity contribution in [3.05, 3.63) is 46.9 Å². The Morgan fingerprint density at radius 2 is 1.76 bits per heavy atom. The molecule has 6 nitrogen and oxygen atoms in total. The minimum Gasteiger partial charge on any atom is -0.539 e. The van der Waals surface area contributed by atoms with Gasteiger partial charge in [-0.2, -0.15) is 5.10 Å². The molecule has 0 atom stereocenters. The third-order valence-corrected chi connectivity index (χ3v) is 3.81. The molecule has 0 saturated heterocycles. The SMILES string of the molecule is Cc1nn(-c2ccc(-[n+]3noc([O-])c3C)cc2)c(C)c1C. The Bertz CT molecular complexity index is 800. The number of aromatic nitrogens is 4. The van der Waals surface area contributed by atoms with E-state index in [1.54, 1.807) is 6.92 Å². The maximum atomic E-state index is 11.3. The van der Waals surface area contributed by atoms with Gasteiger partial charge in [0.25, 0.3) is 0 Å². The molecule has 0 aliphatic carbocycles. The van der Waals surface area contributed by atoms with Crippen LogP contribution < -0.4 is 9.79 Å². The van der Waals surface area contributed by atoms with E-state index in [9.17, 15) is 5.11 Å². The highest BCUT2D eigenvalue weighted by atomic mass is 16.6. The van der Waals surface area contributed by atoms with E-state index in [4.69, 9.17) is 0 Å². The molecule has 0 saturated carbocycles. The molecule has 0 amide bonds. The van der Waals surface area contributed by atoms with Gasteiger partial charge in [0.05, 0.1) is 16.7 Å². The van der Waals surface area contributed by atoms with Gasteiger partial charge in [0.2, 0.25) is 11.4 Å². The van der Waals surface area contributed by atoms with Crippen LogP contribution in [0.3, 0.4) is 0 Å². The van der Waals surface area contributed by atoms with Crippen LogP contribution in [0.1, 0.15) is 22.6 Å². The number of aryl methyl sites for hydroxylation is 1. The second-order valence-corrected chi connectivity index (χ2v) is 5.08. The van der Waals surface area contributed by atoms with Gasteiger partial charge >= 0.3 is 0 Å². The fourth-order valence-corrected chi connectivity index (χ4v) is 2.24. The van der Waals surface area contributed by atoms with E-state index >= 15 is 0 Å². The van der Waals surface area contributed by atoms with Crippen LogP contribution in [-0.4, -0.2) is 15.1 Å². The minimum absolute atomic E-state index is 0.423. The first-order chi connectivity index (χ1) is 9.99. The van der Waals surface area contributed by atoms with E-state index in [0.717, 1.165) is 22.8 Å². The third-order valence-electron chi connectivity index (χ3n) is 3.81. The molecule has 0 aliphatic heterocycles. The van der Waals surface area contributed by atoms with Gasteiger partial charge in [-0.25, -0.2) is 4.68 Å². The zero-order chi connectivity index (χ0) is 15.1. The van der Waals surface area contributed by atoms with Crippen LogP contribution in [0.25, 0.3) is 11.4 Å². The van der Waals surface area contributed by atoms with E-state index in [1.807, 2.05) is 42.8 Å². The molecule has 0 spiro atoms. The quantitative estimate of drug-likeness (QED) is 0.668. The minimum atomic E-state index is -0.423. The van der Waals surface area contributed by atoms with Crippen LogP contribution >= 0.6 is 0 Å². The second kappa shape index (κ2) is 4.73. The van der Waals surface area contributed by atoms with Crippen molar-refractivity contribution in [2.75, 3.05) is 0 Å². The van der Waals surface area contributed by atoms with E-state index in [-0.39, 0.29) is 0 Å². The summed E-state index contributed by atoms with van der Waals surface area (Å²) in [5.74, 6) is -0.423. The molecule has 108 valence electrons. The van der Waals surface area contributed by atoms with Gasteiger partial charge in [0.15, 0.2) is 5.95 Å². The van der Waals surface area contributed by atoms with Crippen LogP contribution in [-0.2, 0) is 0 Å². The van der Waals surface area contributed by atoms with E-state index in [1.165, 1.54) is 10.2 Å². The number of hydrogen-bond donors (Lipinski definition) is 0. The highest BCUT2D eigenvalue weighted by molar-refractivity contribution is 5.40. The smallest absolute Gasteiger partial charge is 0.239 e. The summed E-state index contributed by atoms with van der Waals surface area (Å²) in [6, 6.07) is 7.66. The zero-order valence-corrected chi connectivity index (χ0v) is 12.4. The Labute approximate surface area is 122 Å². The Hall–Kier alpha value is -2.63. The first-order valence-electron chi connectivity index (χ1n) is 6.68. The Morgan fingerprint density at radius 1 is 1.10 bits per heavy atom. The predicted molar refractivity (Wildman–Crippen MR) is 73.6 cm³/mol. The van der Waals surface area contributed by atoms with Crippen LogP contribution in [0.15, 0.2) is 28.8 Å². The first kappa shape index (κ1) is 13.4. The predicted octanol–water partition coefficient (Wildman–Crippen LogP) is 1.44. The molecule has 21 heavy (non-hydrogen) atoms. The van der Waals surface area contributed by atoms with E-state index in [0.29, 0.717) is 5.69 Å². The van der Waals surface area contributed by atoms with Gasteiger partial charge in [-0.15, -0.1) is 0 Å². The van der Waals surface area contributed by atoms with Crippen molar-refractivity contribution < 1.29 is 14.3 Å². The Kier molecular flexibility index (Phi) is 3.01. The van der Waals surface area contributed by atoms with Crippen molar-refractivity contribution in [3.63, 3.8) is 0 Å². The number of nitrogens with zero attached hydrogens (tertiary/aromatic N) is 4. The lowest BCUT2D eigenvalue weighted by Crippen LogP contribution is -2.35. The van der Waals surface area contributed by atoms with Gasteiger partial charge < -0.3 is 9.63 Å². The van der Waals surface area contributed by atoms with Crippen molar-refractivity contribution in [1.29, 1.82) is 0 Å². The number of rotatable bonds is 2. The molecule has 0 aliphatic rings. The summed E-state index contributed by atoms with van der Waals surface area (Å²) in [6.07, 6.45) is 0. The molecule has 3 rings (SSSR count). The van der Waals surface area contributed by atoms with Crippen molar-refractivity contribution >= 4 is 0 Å². The normalized spacial score (nSPS) is 11.0. The molecule has 3 aromatic rings. The largest absolute Gasteiger partial charge is 0.539 e.